The molecule has 0 aliphatic carbocycles. The van der Waals surface area contributed by atoms with Gasteiger partial charge in [0.1, 0.15) is 5.82 Å². The molecule has 17 heavy (non-hydrogen) atoms. The first-order valence-electron chi connectivity index (χ1n) is 5.34. The highest BCUT2D eigenvalue weighted by Crippen LogP contribution is 2.20. The Morgan fingerprint density at radius 2 is 2.00 bits per heavy atom. The second kappa shape index (κ2) is 4.67. The molecule has 1 aromatic heterocycles. The second-order valence-corrected chi connectivity index (χ2v) is 4.09. The van der Waals surface area contributed by atoms with Gasteiger partial charge < -0.3 is 0 Å². The molecule has 1 aromatic carbocycles. The number of benzene rings is 1. The fourth-order valence-corrected chi connectivity index (χ4v) is 1.65. The van der Waals surface area contributed by atoms with Gasteiger partial charge in [-0.05, 0) is 31.2 Å². The van der Waals surface area contributed by atoms with E-state index in [1.54, 1.807) is 26.0 Å². The van der Waals surface area contributed by atoms with Crippen LogP contribution in [0.5, 0.6) is 0 Å². The minimum Gasteiger partial charge on any atom is -0.273 e. The summed E-state index contributed by atoms with van der Waals surface area (Å²) in [6, 6.07) is 7.18. The molecule has 0 bridgehead atoms. The second-order valence-electron chi connectivity index (χ2n) is 3.65. The van der Waals surface area contributed by atoms with Gasteiger partial charge in [0.25, 0.3) is 0 Å². The first-order valence-corrected chi connectivity index (χ1v) is 5.72. The van der Waals surface area contributed by atoms with Gasteiger partial charge in [-0.15, -0.1) is 5.10 Å². The Morgan fingerprint density at radius 1 is 1.35 bits per heavy atom. The number of aromatic nitrogens is 3. The van der Waals surface area contributed by atoms with Crippen molar-refractivity contribution >= 4 is 17.5 Å². The molecule has 0 spiro atoms. The van der Waals surface area contributed by atoms with E-state index < -0.39 is 0 Å². The summed E-state index contributed by atoms with van der Waals surface area (Å²) < 4.78 is 1.35. The highest BCUT2D eigenvalue weighted by Gasteiger charge is 2.14. The number of carbonyl (C=O) groups is 1. The molecule has 0 radical (unpaired) electrons. The smallest absolute Gasteiger partial charge is 0.248 e. The van der Waals surface area contributed by atoms with Crippen LogP contribution in [0.15, 0.2) is 24.3 Å². The molecule has 2 rings (SSSR count). The van der Waals surface area contributed by atoms with E-state index in [1.165, 1.54) is 4.68 Å². The molecule has 0 N–H and O–H groups in total. The van der Waals surface area contributed by atoms with E-state index in [0.29, 0.717) is 23.1 Å². The van der Waals surface area contributed by atoms with Crippen LogP contribution < -0.4 is 0 Å². The van der Waals surface area contributed by atoms with Crippen molar-refractivity contribution in [3.63, 3.8) is 0 Å². The zero-order chi connectivity index (χ0) is 12.4. The molecule has 0 saturated heterocycles. The van der Waals surface area contributed by atoms with Crippen LogP contribution in [0.1, 0.15) is 24.0 Å². The van der Waals surface area contributed by atoms with Crippen LogP contribution in [0, 0.1) is 6.92 Å². The molecule has 0 unspecified atom stereocenters. The van der Waals surface area contributed by atoms with E-state index in [9.17, 15) is 4.79 Å². The third kappa shape index (κ3) is 2.36. The fraction of sp³-hybridized carbons (Fsp3) is 0.250. The Balaban J connectivity index is 2.51. The third-order valence-corrected chi connectivity index (χ3v) is 2.61. The number of hydrogen-bond acceptors (Lipinski definition) is 3. The summed E-state index contributed by atoms with van der Waals surface area (Å²) in [4.78, 5) is 16.0. The highest BCUT2D eigenvalue weighted by molar-refractivity contribution is 6.30. The van der Waals surface area contributed by atoms with E-state index in [4.69, 9.17) is 11.6 Å². The molecule has 0 atom stereocenters. The summed E-state index contributed by atoms with van der Waals surface area (Å²) in [6.45, 7) is 3.56. The Bertz CT molecular complexity index is 545. The maximum Gasteiger partial charge on any atom is 0.248 e. The van der Waals surface area contributed by atoms with E-state index in [1.807, 2.05) is 12.1 Å². The molecule has 1 heterocycles. The Morgan fingerprint density at radius 3 is 2.59 bits per heavy atom. The SMILES string of the molecule is CCC(=O)n1nc(C)nc1-c1ccc(Cl)cc1. The van der Waals surface area contributed by atoms with E-state index in [2.05, 4.69) is 10.1 Å². The molecular formula is C12H12ClN3O. The largest absolute Gasteiger partial charge is 0.273 e. The summed E-state index contributed by atoms with van der Waals surface area (Å²) in [5.74, 6) is 1.07. The average molecular weight is 250 g/mol. The lowest BCUT2D eigenvalue weighted by Gasteiger charge is -2.02. The molecule has 0 amide bonds. The van der Waals surface area contributed by atoms with Crippen LogP contribution >= 0.6 is 11.6 Å². The van der Waals surface area contributed by atoms with Crippen molar-refractivity contribution in [1.82, 2.24) is 14.8 Å². The van der Waals surface area contributed by atoms with Gasteiger partial charge >= 0.3 is 0 Å². The first kappa shape index (κ1) is 11.8. The minimum absolute atomic E-state index is 0.0736. The lowest BCUT2D eigenvalue weighted by Crippen LogP contribution is -2.12. The van der Waals surface area contributed by atoms with Gasteiger partial charge in [-0.2, -0.15) is 4.68 Å². The van der Waals surface area contributed by atoms with Crippen LogP contribution in [0.3, 0.4) is 0 Å². The molecule has 5 heteroatoms. The first-order chi connectivity index (χ1) is 8.11. The summed E-state index contributed by atoms with van der Waals surface area (Å²) in [6.07, 6.45) is 0.392. The number of halogens is 1. The molecule has 0 aliphatic heterocycles. The summed E-state index contributed by atoms with van der Waals surface area (Å²) in [5.41, 5.74) is 0.830. The summed E-state index contributed by atoms with van der Waals surface area (Å²) in [7, 11) is 0. The topological polar surface area (TPSA) is 47.8 Å². The van der Waals surface area contributed by atoms with Gasteiger partial charge in [0.2, 0.25) is 5.91 Å². The van der Waals surface area contributed by atoms with Gasteiger partial charge in [-0.1, -0.05) is 18.5 Å². The van der Waals surface area contributed by atoms with Crippen LogP contribution in [-0.4, -0.2) is 20.7 Å². The summed E-state index contributed by atoms with van der Waals surface area (Å²) in [5, 5.41) is 4.75. The number of carbonyl (C=O) groups excluding carboxylic acids is 1. The highest BCUT2D eigenvalue weighted by atomic mass is 35.5. The van der Waals surface area contributed by atoms with Crippen molar-refractivity contribution in [2.45, 2.75) is 20.3 Å². The van der Waals surface area contributed by atoms with E-state index in [0.717, 1.165) is 5.56 Å². The minimum atomic E-state index is -0.0736. The Kier molecular flexibility index (Phi) is 3.24. The molecule has 0 aliphatic rings. The van der Waals surface area contributed by atoms with Gasteiger partial charge in [0.05, 0.1) is 0 Å². The number of rotatable bonds is 2. The zero-order valence-electron chi connectivity index (χ0n) is 9.64. The lowest BCUT2D eigenvalue weighted by molar-refractivity contribution is 0.0894. The predicted molar refractivity (Wildman–Crippen MR) is 66.1 cm³/mol. The summed E-state index contributed by atoms with van der Waals surface area (Å²) >= 11 is 5.82. The molecule has 0 fully saturated rings. The standard InChI is InChI=1S/C12H12ClN3O/c1-3-11(17)16-12(14-8(2)15-16)9-4-6-10(13)7-5-9/h4-7H,3H2,1-2H3. The van der Waals surface area contributed by atoms with Crippen molar-refractivity contribution in [3.8, 4) is 11.4 Å². The van der Waals surface area contributed by atoms with Crippen LogP contribution in [0.2, 0.25) is 5.02 Å². The normalized spacial score (nSPS) is 10.5. The van der Waals surface area contributed by atoms with E-state index >= 15 is 0 Å². The van der Waals surface area contributed by atoms with Crippen LogP contribution in [0.4, 0.5) is 0 Å². The quantitative estimate of drug-likeness (QED) is 0.822. The van der Waals surface area contributed by atoms with Gasteiger partial charge in [-0.3, -0.25) is 4.79 Å². The van der Waals surface area contributed by atoms with Crippen LogP contribution in [-0.2, 0) is 0 Å². The molecule has 4 nitrogen and oxygen atoms in total. The Labute approximate surface area is 104 Å². The van der Waals surface area contributed by atoms with Gasteiger partial charge in [0.15, 0.2) is 5.82 Å². The number of aryl methyl sites for hydroxylation is 1. The molecule has 2 aromatic rings. The number of nitrogens with zero attached hydrogens (tertiary/aromatic N) is 3. The fourth-order valence-electron chi connectivity index (χ4n) is 1.52. The molecular weight excluding hydrogens is 238 g/mol. The maximum atomic E-state index is 11.7. The Hall–Kier alpha value is -1.68. The number of hydrogen-bond donors (Lipinski definition) is 0. The average Bonchev–Trinajstić information content (AvgIpc) is 2.71. The van der Waals surface area contributed by atoms with Crippen molar-refractivity contribution < 1.29 is 4.79 Å². The zero-order valence-corrected chi connectivity index (χ0v) is 10.4. The van der Waals surface area contributed by atoms with E-state index in [-0.39, 0.29) is 5.91 Å². The van der Waals surface area contributed by atoms with Gasteiger partial charge in [0, 0.05) is 17.0 Å². The van der Waals surface area contributed by atoms with Gasteiger partial charge in [-0.25, -0.2) is 4.98 Å². The van der Waals surface area contributed by atoms with Crippen LogP contribution in [0.25, 0.3) is 11.4 Å². The monoisotopic (exact) mass is 249 g/mol. The predicted octanol–water partition coefficient (Wildman–Crippen LogP) is 2.96. The molecule has 88 valence electrons. The third-order valence-electron chi connectivity index (χ3n) is 2.35. The van der Waals surface area contributed by atoms with Crippen molar-refractivity contribution in [1.29, 1.82) is 0 Å². The van der Waals surface area contributed by atoms with Crippen molar-refractivity contribution in [2.75, 3.05) is 0 Å². The maximum absolute atomic E-state index is 11.7. The molecule has 0 saturated carbocycles. The lowest BCUT2D eigenvalue weighted by atomic mass is 10.2. The van der Waals surface area contributed by atoms with Crippen molar-refractivity contribution in [2.24, 2.45) is 0 Å². The van der Waals surface area contributed by atoms with Crippen molar-refractivity contribution in [3.05, 3.63) is 35.1 Å².